The first-order chi connectivity index (χ1) is 9.51. The zero-order chi connectivity index (χ0) is 14.7. The molecule has 0 fully saturated rings. The van der Waals surface area contributed by atoms with Gasteiger partial charge in [0.1, 0.15) is 11.8 Å². The highest BCUT2D eigenvalue weighted by molar-refractivity contribution is 6.33. The molecule has 2 rings (SSSR count). The fourth-order valence-electron chi connectivity index (χ4n) is 1.40. The SMILES string of the molecule is N#Cc1ccc(C(=O)Nc2cc(F)c(F)cc2Cl)nc1. The first-order valence-corrected chi connectivity index (χ1v) is 5.71. The van der Waals surface area contributed by atoms with Crippen LogP contribution in [0.15, 0.2) is 30.5 Å². The number of aromatic nitrogens is 1. The van der Waals surface area contributed by atoms with E-state index in [0.717, 1.165) is 12.1 Å². The van der Waals surface area contributed by atoms with Crippen molar-refractivity contribution in [2.75, 3.05) is 5.32 Å². The van der Waals surface area contributed by atoms with Gasteiger partial charge in [-0.25, -0.2) is 13.8 Å². The normalized spacial score (nSPS) is 9.90. The zero-order valence-corrected chi connectivity index (χ0v) is 10.6. The van der Waals surface area contributed by atoms with Crippen LogP contribution in [0.1, 0.15) is 16.1 Å². The predicted molar refractivity (Wildman–Crippen MR) is 68.3 cm³/mol. The molecule has 1 aromatic carbocycles. The minimum absolute atomic E-state index is 0.0183. The van der Waals surface area contributed by atoms with Gasteiger partial charge in [0, 0.05) is 12.3 Å². The average Bonchev–Trinajstić information content (AvgIpc) is 2.44. The van der Waals surface area contributed by atoms with Crippen molar-refractivity contribution in [3.63, 3.8) is 0 Å². The molecule has 1 heterocycles. The van der Waals surface area contributed by atoms with Crippen LogP contribution >= 0.6 is 11.6 Å². The molecule has 0 atom stereocenters. The Labute approximate surface area is 117 Å². The largest absolute Gasteiger partial charge is 0.319 e. The lowest BCUT2D eigenvalue weighted by molar-refractivity contribution is 0.102. The summed E-state index contributed by atoms with van der Waals surface area (Å²) in [6.45, 7) is 0. The number of benzene rings is 1. The molecule has 1 aromatic heterocycles. The quantitative estimate of drug-likeness (QED) is 0.865. The first kappa shape index (κ1) is 13.9. The Morgan fingerprint density at radius 2 is 2.00 bits per heavy atom. The molecule has 0 radical (unpaired) electrons. The molecule has 0 spiro atoms. The maximum absolute atomic E-state index is 13.1. The van der Waals surface area contributed by atoms with E-state index in [9.17, 15) is 13.6 Å². The highest BCUT2D eigenvalue weighted by Crippen LogP contribution is 2.25. The number of nitrogens with zero attached hydrogens (tertiary/aromatic N) is 2. The van der Waals surface area contributed by atoms with E-state index < -0.39 is 17.5 Å². The van der Waals surface area contributed by atoms with E-state index in [1.54, 1.807) is 0 Å². The van der Waals surface area contributed by atoms with Gasteiger partial charge in [-0.1, -0.05) is 11.6 Å². The highest BCUT2D eigenvalue weighted by Gasteiger charge is 2.13. The fourth-order valence-corrected chi connectivity index (χ4v) is 1.60. The minimum atomic E-state index is -1.13. The molecule has 0 aliphatic rings. The summed E-state index contributed by atoms with van der Waals surface area (Å²) in [5.74, 6) is -2.88. The summed E-state index contributed by atoms with van der Waals surface area (Å²) in [6, 6.07) is 6.15. The van der Waals surface area contributed by atoms with E-state index in [4.69, 9.17) is 16.9 Å². The van der Waals surface area contributed by atoms with Crippen LogP contribution in [0.5, 0.6) is 0 Å². The predicted octanol–water partition coefficient (Wildman–Crippen LogP) is 3.14. The van der Waals surface area contributed by atoms with Crippen LogP contribution in [-0.4, -0.2) is 10.9 Å². The van der Waals surface area contributed by atoms with Gasteiger partial charge in [0.25, 0.3) is 5.91 Å². The second kappa shape index (κ2) is 5.63. The van der Waals surface area contributed by atoms with Crippen LogP contribution < -0.4 is 5.32 Å². The summed E-state index contributed by atoms with van der Waals surface area (Å²) in [5.41, 5.74) is 0.249. The van der Waals surface area contributed by atoms with E-state index in [0.29, 0.717) is 5.56 Å². The van der Waals surface area contributed by atoms with Gasteiger partial charge in [-0.2, -0.15) is 5.26 Å². The minimum Gasteiger partial charge on any atom is -0.319 e. The van der Waals surface area contributed by atoms with E-state index in [1.165, 1.54) is 18.3 Å². The zero-order valence-electron chi connectivity index (χ0n) is 9.82. The number of carbonyl (C=O) groups excluding carboxylic acids is 1. The Morgan fingerprint density at radius 3 is 2.60 bits per heavy atom. The lowest BCUT2D eigenvalue weighted by atomic mass is 10.2. The van der Waals surface area contributed by atoms with Crippen molar-refractivity contribution >= 4 is 23.2 Å². The van der Waals surface area contributed by atoms with E-state index in [1.807, 2.05) is 6.07 Å². The third-order valence-corrected chi connectivity index (χ3v) is 2.70. The number of nitrogens with one attached hydrogen (secondary N) is 1. The van der Waals surface area contributed by atoms with Gasteiger partial charge in [-0.05, 0) is 18.2 Å². The van der Waals surface area contributed by atoms with E-state index in [-0.39, 0.29) is 16.4 Å². The maximum atomic E-state index is 13.1. The third kappa shape index (κ3) is 2.90. The number of hydrogen-bond acceptors (Lipinski definition) is 3. The lowest BCUT2D eigenvalue weighted by Gasteiger charge is -2.07. The van der Waals surface area contributed by atoms with Gasteiger partial charge >= 0.3 is 0 Å². The molecular formula is C13H6ClF2N3O. The van der Waals surface area contributed by atoms with Crippen LogP contribution in [0.25, 0.3) is 0 Å². The summed E-state index contributed by atoms with van der Waals surface area (Å²) < 4.78 is 26.0. The summed E-state index contributed by atoms with van der Waals surface area (Å²) in [5, 5.41) is 10.8. The fraction of sp³-hybridized carbons (Fsp3) is 0. The standard InChI is InChI=1S/C13H6ClF2N3O/c14-8-3-9(15)10(16)4-12(8)19-13(20)11-2-1-7(5-17)6-18-11/h1-4,6H,(H,19,20). The summed E-state index contributed by atoms with van der Waals surface area (Å²) >= 11 is 5.70. The van der Waals surface area contributed by atoms with Gasteiger partial charge in [0.2, 0.25) is 0 Å². The molecule has 4 nitrogen and oxygen atoms in total. The van der Waals surface area contributed by atoms with Crippen molar-refractivity contribution in [1.82, 2.24) is 4.98 Å². The molecule has 1 N–H and O–H groups in total. The molecule has 0 aliphatic carbocycles. The number of anilines is 1. The monoisotopic (exact) mass is 293 g/mol. The Hall–Kier alpha value is -2.52. The average molecular weight is 294 g/mol. The van der Waals surface area contributed by atoms with Crippen LogP contribution in [0.2, 0.25) is 5.02 Å². The highest BCUT2D eigenvalue weighted by atomic mass is 35.5. The molecule has 1 amide bonds. The molecule has 0 saturated carbocycles. The number of rotatable bonds is 2. The van der Waals surface area contributed by atoms with Gasteiger partial charge in [-0.3, -0.25) is 4.79 Å². The number of carbonyl (C=O) groups is 1. The van der Waals surface area contributed by atoms with Gasteiger partial charge in [-0.15, -0.1) is 0 Å². The number of hydrogen-bond donors (Lipinski definition) is 1. The van der Waals surface area contributed by atoms with Crippen LogP contribution in [-0.2, 0) is 0 Å². The maximum Gasteiger partial charge on any atom is 0.274 e. The lowest BCUT2D eigenvalue weighted by Crippen LogP contribution is -2.14. The summed E-state index contributed by atoms with van der Waals surface area (Å²) in [7, 11) is 0. The third-order valence-electron chi connectivity index (χ3n) is 2.38. The van der Waals surface area contributed by atoms with Gasteiger partial charge in [0.05, 0.1) is 16.3 Å². The van der Waals surface area contributed by atoms with Crippen LogP contribution in [0.4, 0.5) is 14.5 Å². The van der Waals surface area contributed by atoms with Crippen LogP contribution in [0.3, 0.4) is 0 Å². The van der Waals surface area contributed by atoms with Crippen LogP contribution in [0, 0.1) is 23.0 Å². The number of amides is 1. The molecule has 20 heavy (non-hydrogen) atoms. The summed E-state index contributed by atoms with van der Waals surface area (Å²) in [6.07, 6.45) is 1.22. The second-order valence-electron chi connectivity index (χ2n) is 3.74. The van der Waals surface area contributed by atoms with Crippen molar-refractivity contribution in [2.45, 2.75) is 0 Å². The molecule has 0 bridgehead atoms. The molecule has 100 valence electrons. The van der Waals surface area contributed by atoms with Gasteiger partial charge in [0.15, 0.2) is 11.6 Å². The number of nitriles is 1. The second-order valence-corrected chi connectivity index (χ2v) is 4.15. The van der Waals surface area contributed by atoms with Crippen molar-refractivity contribution in [3.8, 4) is 6.07 Å². The van der Waals surface area contributed by atoms with Crippen molar-refractivity contribution < 1.29 is 13.6 Å². The van der Waals surface area contributed by atoms with Crippen molar-refractivity contribution in [1.29, 1.82) is 5.26 Å². The Kier molecular flexibility index (Phi) is 3.91. The first-order valence-electron chi connectivity index (χ1n) is 5.33. The summed E-state index contributed by atoms with van der Waals surface area (Å²) in [4.78, 5) is 15.6. The number of halogens is 3. The Balaban J connectivity index is 2.23. The topological polar surface area (TPSA) is 65.8 Å². The smallest absolute Gasteiger partial charge is 0.274 e. The van der Waals surface area contributed by atoms with E-state index >= 15 is 0 Å². The molecule has 0 aliphatic heterocycles. The Morgan fingerprint density at radius 1 is 1.30 bits per heavy atom. The molecular weight excluding hydrogens is 288 g/mol. The molecule has 0 unspecified atom stereocenters. The molecule has 0 saturated heterocycles. The molecule has 7 heteroatoms. The number of pyridine rings is 1. The molecule has 2 aromatic rings. The van der Waals surface area contributed by atoms with Crippen molar-refractivity contribution in [3.05, 3.63) is 58.4 Å². The van der Waals surface area contributed by atoms with E-state index in [2.05, 4.69) is 10.3 Å². The van der Waals surface area contributed by atoms with Crippen molar-refractivity contribution in [2.24, 2.45) is 0 Å². The Bertz CT molecular complexity index is 711. The van der Waals surface area contributed by atoms with Gasteiger partial charge < -0.3 is 5.32 Å².